The van der Waals surface area contributed by atoms with Crippen molar-refractivity contribution >= 4 is 17.7 Å². The molecule has 0 aromatic heterocycles. The van der Waals surface area contributed by atoms with Crippen LogP contribution in [0, 0.1) is 0 Å². The summed E-state index contributed by atoms with van der Waals surface area (Å²) >= 11 is 0. The predicted octanol–water partition coefficient (Wildman–Crippen LogP) is 3.75. The number of ether oxygens (including phenoxy) is 3. The second-order valence-corrected chi connectivity index (χ2v) is 6.89. The Bertz CT molecular complexity index is 954. The van der Waals surface area contributed by atoms with E-state index in [9.17, 15) is 9.59 Å². The molecule has 2 amide bonds. The summed E-state index contributed by atoms with van der Waals surface area (Å²) in [6, 6.07) is 13.8. The number of carbonyl (C=O) groups excluding carboxylic acids is 2. The number of hydrogen-bond donors (Lipinski definition) is 4. The Balaban J connectivity index is 2.12. The van der Waals surface area contributed by atoms with Crippen LogP contribution < -0.4 is 20.3 Å². The number of hydrogen-bond acceptors (Lipinski definition) is 7. The molecule has 0 heterocycles. The summed E-state index contributed by atoms with van der Waals surface area (Å²) in [5.41, 5.74) is 3.43. The minimum atomic E-state index is -0.637. The van der Waals surface area contributed by atoms with Crippen molar-refractivity contribution in [3.8, 4) is 11.5 Å². The minimum absolute atomic E-state index is 0.0923. The molecule has 9 heteroatoms. The van der Waals surface area contributed by atoms with Crippen molar-refractivity contribution in [2.45, 2.75) is 19.4 Å². The van der Waals surface area contributed by atoms with E-state index in [1.54, 1.807) is 74.7 Å². The fourth-order valence-corrected chi connectivity index (χ4v) is 2.81. The standard InChI is InChI=1S/C24H28N2O7/c1-17(16-23(28)26-30)4-3-5-22(18-6-10-21(11-7-18)32-15-14-27)33-24(29)25-19-8-12-20(31-2)13-9-19/h3-4,6-13,16,22,27,30H,5,14-15H2,1-2H3,(H,25,29)(H,26,28)/b4-3+,17-16+/t22-/m1/s1. The maximum atomic E-state index is 12.5. The topological polar surface area (TPSA) is 126 Å². The van der Waals surface area contributed by atoms with Crippen LogP contribution in [0.5, 0.6) is 11.5 Å². The number of rotatable bonds is 11. The smallest absolute Gasteiger partial charge is 0.412 e. The number of carbonyl (C=O) groups is 2. The number of hydroxylamine groups is 1. The molecule has 2 aromatic rings. The van der Waals surface area contributed by atoms with Gasteiger partial charge in [-0.15, -0.1) is 0 Å². The van der Waals surface area contributed by atoms with Crippen molar-refractivity contribution in [3.05, 3.63) is 77.9 Å². The van der Waals surface area contributed by atoms with E-state index in [2.05, 4.69) is 5.32 Å². The molecule has 0 saturated carbocycles. The molecule has 0 spiro atoms. The first-order valence-electron chi connectivity index (χ1n) is 10.2. The second-order valence-electron chi connectivity index (χ2n) is 6.89. The fourth-order valence-electron chi connectivity index (χ4n) is 2.81. The lowest BCUT2D eigenvalue weighted by Crippen LogP contribution is -2.17. The Morgan fingerprint density at radius 3 is 2.33 bits per heavy atom. The Kier molecular flexibility index (Phi) is 10.5. The zero-order valence-electron chi connectivity index (χ0n) is 18.5. The number of nitrogens with one attached hydrogen (secondary N) is 2. The summed E-state index contributed by atoms with van der Waals surface area (Å²) in [5, 5.41) is 20.2. The Morgan fingerprint density at radius 1 is 1.06 bits per heavy atom. The highest BCUT2D eigenvalue weighted by Crippen LogP contribution is 2.25. The molecule has 0 saturated heterocycles. The average molecular weight is 456 g/mol. The molecule has 0 aliphatic heterocycles. The highest BCUT2D eigenvalue weighted by Gasteiger charge is 2.16. The summed E-state index contributed by atoms with van der Waals surface area (Å²) in [6.07, 6.45) is 3.76. The van der Waals surface area contributed by atoms with E-state index in [1.807, 2.05) is 0 Å². The Labute approximate surface area is 192 Å². The summed E-state index contributed by atoms with van der Waals surface area (Å²) < 4.78 is 16.1. The van der Waals surface area contributed by atoms with Gasteiger partial charge in [-0.3, -0.25) is 15.3 Å². The third-order valence-electron chi connectivity index (χ3n) is 4.40. The van der Waals surface area contributed by atoms with Crippen molar-refractivity contribution in [3.63, 3.8) is 0 Å². The lowest BCUT2D eigenvalue weighted by Gasteiger charge is -2.18. The maximum Gasteiger partial charge on any atom is 0.412 e. The fraction of sp³-hybridized carbons (Fsp3) is 0.250. The van der Waals surface area contributed by atoms with Gasteiger partial charge in [0, 0.05) is 18.2 Å². The van der Waals surface area contributed by atoms with Crippen molar-refractivity contribution in [2.24, 2.45) is 0 Å². The number of amides is 2. The normalized spacial score (nSPS) is 12.2. The molecule has 0 aliphatic rings. The first-order valence-corrected chi connectivity index (χ1v) is 10.2. The molecule has 2 rings (SSSR count). The van der Waals surface area contributed by atoms with E-state index in [1.165, 1.54) is 11.6 Å². The van der Waals surface area contributed by atoms with Crippen LogP contribution in [0.3, 0.4) is 0 Å². The lowest BCUT2D eigenvalue weighted by molar-refractivity contribution is -0.124. The first-order chi connectivity index (χ1) is 15.9. The predicted molar refractivity (Wildman–Crippen MR) is 122 cm³/mol. The van der Waals surface area contributed by atoms with E-state index in [-0.39, 0.29) is 13.2 Å². The molecule has 2 aromatic carbocycles. The monoisotopic (exact) mass is 456 g/mol. The van der Waals surface area contributed by atoms with Crippen molar-refractivity contribution in [2.75, 3.05) is 25.6 Å². The van der Waals surface area contributed by atoms with Gasteiger partial charge < -0.3 is 19.3 Å². The van der Waals surface area contributed by atoms with E-state index in [0.717, 1.165) is 5.56 Å². The third kappa shape index (κ3) is 9.06. The van der Waals surface area contributed by atoms with Crippen LogP contribution in [-0.2, 0) is 9.53 Å². The van der Waals surface area contributed by atoms with Gasteiger partial charge in [0.2, 0.25) is 0 Å². The molecule has 0 radical (unpaired) electrons. The van der Waals surface area contributed by atoms with E-state index < -0.39 is 18.1 Å². The second kappa shape index (κ2) is 13.6. The molecule has 9 nitrogen and oxygen atoms in total. The molecule has 0 bridgehead atoms. The largest absolute Gasteiger partial charge is 0.497 e. The first kappa shape index (κ1) is 25.4. The van der Waals surface area contributed by atoms with Crippen molar-refractivity contribution in [1.29, 1.82) is 0 Å². The molecular formula is C24H28N2O7. The van der Waals surface area contributed by atoms with Gasteiger partial charge in [0.25, 0.3) is 5.91 Å². The quantitative estimate of drug-likeness (QED) is 0.176. The zero-order chi connectivity index (χ0) is 24.1. The summed E-state index contributed by atoms with van der Waals surface area (Å²) in [5.74, 6) is 0.611. The van der Waals surface area contributed by atoms with Gasteiger partial charge in [-0.25, -0.2) is 10.3 Å². The summed E-state index contributed by atoms with van der Waals surface area (Å²) in [4.78, 5) is 23.7. The SMILES string of the molecule is COc1ccc(NC(=O)O[C@H](C/C=C/C(C)=C/C(=O)NO)c2ccc(OCCO)cc2)cc1. The van der Waals surface area contributed by atoms with Gasteiger partial charge in [-0.2, -0.15) is 0 Å². The molecule has 176 valence electrons. The van der Waals surface area contributed by atoms with Gasteiger partial charge in [-0.05, 0) is 54.5 Å². The molecule has 0 fully saturated rings. The van der Waals surface area contributed by atoms with Crippen LogP contribution in [0.15, 0.2) is 72.3 Å². The molecule has 0 aliphatic carbocycles. The van der Waals surface area contributed by atoms with Crippen LogP contribution in [0.25, 0.3) is 0 Å². The minimum Gasteiger partial charge on any atom is -0.497 e. The van der Waals surface area contributed by atoms with Crippen LogP contribution in [0.2, 0.25) is 0 Å². The van der Waals surface area contributed by atoms with Gasteiger partial charge in [0.15, 0.2) is 0 Å². The number of aliphatic hydroxyl groups excluding tert-OH is 1. The van der Waals surface area contributed by atoms with Crippen LogP contribution in [0.1, 0.15) is 25.0 Å². The highest BCUT2D eigenvalue weighted by atomic mass is 16.6. The molecule has 33 heavy (non-hydrogen) atoms. The number of aliphatic hydroxyl groups is 1. The average Bonchev–Trinajstić information content (AvgIpc) is 2.82. The van der Waals surface area contributed by atoms with E-state index in [4.69, 9.17) is 24.5 Å². The number of methoxy groups -OCH3 is 1. The van der Waals surface area contributed by atoms with Crippen LogP contribution in [-0.4, -0.2) is 42.6 Å². The Morgan fingerprint density at radius 2 is 1.73 bits per heavy atom. The van der Waals surface area contributed by atoms with E-state index in [0.29, 0.717) is 29.2 Å². The summed E-state index contributed by atoms with van der Waals surface area (Å²) in [7, 11) is 1.56. The molecule has 4 N–H and O–H groups in total. The lowest BCUT2D eigenvalue weighted by atomic mass is 10.1. The summed E-state index contributed by atoms with van der Waals surface area (Å²) in [6.45, 7) is 1.79. The van der Waals surface area contributed by atoms with Crippen molar-refractivity contribution < 1.29 is 34.1 Å². The molecular weight excluding hydrogens is 428 g/mol. The van der Waals surface area contributed by atoms with Crippen LogP contribution in [0.4, 0.5) is 10.5 Å². The van der Waals surface area contributed by atoms with E-state index >= 15 is 0 Å². The third-order valence-corrected chi connectivity index (χ3v) is 4.40. The molecule has 0 unspecified atom stereocenters. The van der Waals surface area contributed by atoms with Gasteiger partial charge in [-0.1, -0.05) is 24.3 Å². The van der Waals surface area contributed by atoms with Crippen LogP contribution >= 0.6 is 0 Å². The van der Waals surface area contributed by atoms with Crippen molar-refractivity contribution in [1.82, 2.24) is 5.48 Å². The number of benzene rings is 2. The number of allylic oxidation sites excluding steroid dienone is 2. The van der Waals surface area contributed by atoms with Gasteiger partial charge >= 0.3 is 6.09 Å². The maximum absolute atomic E-state index is 12.5. The molecule has 1 atom stereocenters. The zero-order valence-corrected chi connectivity index (χ0v) is 18.5. The van der Waals surface area contributed by atoms with Gasteiger partial charge in [0.1, 0.15) is 24.2 Å². The highest BCUT2D eigenvalue weighted by molar-refractivity contribution is 5.87. The van der Waals surface area contributed by atoms with Gasteiger partial charge in [0.05, 0.1) is 13.7 Å². The number of anilines is 1. The Hall–Kier alpha value is -3.82.